The van der Waals surface area contributed by atoms with Crippen LogP contribution in [0.15, 0.2) is 12.3 Å². The lowest BCUT2D eigenvalue weighted by Crippen LogP contribution is -1.91. The predicted molar refractivity (Wildman–Crippen MR) is 36.6 cm³/mol. The van der Waals surface area contributed by atoms with Gasteiger partial charge in [0.2, 0.25) is 5.28 Å². The Labute approximate surface area is 63.1 Å². The van der Waals surface area contributed by atoms with Crippen molar-refractivity contribution in [1.82, 2.24) is 9.97 Å². The van der Waals surface area contributed by atoms with E-state index in [4.69, 9.17) is 11.6 Å². The number of nitrogens with zero attached hydrogens (tertiary/aromatic N) is 2. The molecule has 0 fully saturated rings. The molecule has 0 aromatic carbocycles. The van der Waals surface area contributed by atoms with Crippen molar-refractivity contribution in [3.05, 3.63) is 23.2 Å². The summed E-state index contributed by atoms with van der Waals surface area (Å²) in [6, 6.07) is 1.50. The zero-order valence-electron chi connectivity index (χ0n) is 5.38. The summed E-state index contributed by atoms with van der Waals surface area (Å²) in [7, 11) is 0. The molecule has 0 amide bonds. The highest BCUT2D eigenvalue weighted by Crippen LogP contribution is 2.13. The van der Waals surface area contributed by atoms with E-state index in [1.807, 2.05) is 0 Å². The summed E-state index contributed by atoms with van der Waals surface area (Å²) in [4.78, 5) is 7.26. The Hall–Kier alpha value is -0.700. The maximum Gasteiger partial charge on any atom is 0.222 e. The molecule has 0 aliphatic carbocycles. The topological polar surface area (TPSA) is 25.8 Å². The molecule has 10 heavy (non-hydrogen) atoms. The molecular weight excluding hydrogens is 155 g/mol. The first-order valence-corrected chi connectivity index (χ1v) is 3.20. The quantitative estimate of drug-likeness (QED) is 0.589. The van der Waals surface area contributed by atoms with Gasteiger partial charge in [0.25, 0.3) is 0 Å². The third-order valence-electron chi connectivity index (χ3n) is 1.06. The molecule has 4 heteroatoms. The molecule has 0 bridgehead atoms. The van der Waals surface area contributed by atoms with Gasteiger partial charge in [0.05, 0.1) is 5.69 Å². The van der Waals surface area contributed by atoms with Gasteiger partial charge in [-0.25, -0.2) is 14.4 Å². The second kappa shape index (κ2) is 2.92. The maximum absolute atomic E-state index is 12.5. The summed E-state index contributed by atoms with van der Waals surface area (Å²) in [6.45, 7) is 1.40. The second-order valence-corrected chi connectivity index (χ2v) is 2.20. The van der Waals surface area contributed by atoms with Crippen LogP contribution in [0.4, 0.5) is 4.39 Å². The first-order chi connectivity index (χ1) is 4.70. The first-order valence-electron chi connectivity index (χ1n) is 2.82. The van der Waals surface area contributed by atoms with Gasteiger partial charge < -0.3 is 0 Å². The minimum atomic E-state index is -1.08. The van der Waals surface area contributed by atoms with Gasteiger partial charge in [0, 0.05) is 6.20 Å². The summed E-state index contributed by atoms with van der Waals surface area (Å²) >= 11 is 5.40. The molecule has 1 aromatic heterocycles. The summed E-state index contributed by atoms with van der Waals surface area (Å²) in [5, 5.41) is 0.0852. The van der Waals surface area contributed by atoms with Crippen molar-refractivity contribution in [2.45, 2.75) is 13.1 Å². The Bertz CT molecular complexity index is 227. The third-order valence-corrected chi connectivity index (χ3v) is 1.24. The minimum Gasteiger partial charge on any atom is -0.241 e. The molecule has 1 aromatic rings. The van der Waals surface area contributed by atoms with Crippen LogP contribution in [-0.4, -0.2) is 9.97 Å². The third kappa shape index (κ3) is 1.64. The lowest BCUT2D eigenvalue weighted by molar-refractivity contribution is 0.365. The van der Waals surface area contributed by atoms with Crippen molar-refractivity contribution in [3.63, 3.8) is 0 Å². The predicted octanol–water partition coefficient (Wildman–Crippen LogP) is 2.16. The van der Waals surface area contributed by atoms with E-state index < -0.39 is 6.17 Å². The summed E-state index contributed by atoms with van der Waals surface area (Å²) in [5.41, 5.74) is 0.319. The normalized spacial score (nSPS) is 13.1. The summed E-state index contributed by atoms with van der Waals surface area (Å²) in [5.74, 6) is 0. The Morgan fingerprint density at radius 3 is 2.80 bits per heavy atom. The van der Waals surface area contributed by atoms with Crippen molar-refractivity contribution in [2.24, 2.45) is 0 Å². The van der Waals surface area contributed by atoms with Gasteiger partial charge in [-0.1, -0.05) is 0 Å². The van der Waals surface area contributed by atoms with Crippen LogP contribution in [0.3, 0.4) is 0 Å². The monoisotopic (exact) mass is 160 g/mol. The van der Waals surface area contributed by atoms with Crippen molar-refractivity contribution < 1.29 is 4.39 Å². The van der Waals surface area contributed by atoms with E-state index in [9.17, 15) is 4.39 Å². The minimum absolute atomic E-state index is 0.0852. The molecule has 0 radical (unpaired) electrons. The lowest BCUT2D eigenvalue weighted by atomic mass is 10.3. The average molecular weight is 161 g/mol. The van der Waals surface area contributed by atoms with Crippen LogP contribution in [0.2, 0.25) is 5.28 Å². The van der Waals surface area contributed by atoms with Crippen LogP contribution in [0.1, 0.15) is 18.8 Å². The van der Waals surface area contributed by atoms with Crippen molar-refractivity contribution in [1.29, 1.82) is 0 Å². The molecule has 0 aliphatic rings. The average Bonchev–Trinajstić information content (AvgIpc) is 1.88. The molecule has 0 N–H and O–H groups in total. The van der Waals surface area contributed by atoms with Crippen LogP contribution in [0.5, 0.6) is 0 Å². The van der Waals surface area contributed by atoms with E-state index in [1.54, 1.807) is 0 Å². The molecule has 2 nitrogen and oxygen atoms in total. The molecular formula is C6H6ClFN2. The zero-order chi connectivity index (χ0) is 7.56. The molecule has 1 heterocycles. The Kier molecular flexibility index (Phi) is 2.17. The van der Waals surface area contributed by atoms with Gasteiger partial charge in [-0.15, -0.1) is 0 Å². The van der Waals surface area contributed by atoms with Gasteiger partial charge >= 0.3 is 0 Å². The van der Waals surface area contributed by atoms with E-state index in [1.165, 1.54) is 19.2 Å². The smallest absolute Gasteiger partial charge is 0.222 e. The molecule has 0 saturated carbocycles. The first kappa shape index (κ1) is 7.41. The SMILES string of the molecule is CC(F)c1ccnc(Cl)n1. The van der Waals surface area contributed by atoms with Gasteiger partial charge in [0.1, 0.15) is 6.17 Å². The molecule has 0 aliphatic heterocycles. The van der Waals surface area contributed by atoms with E-state index in [-0.39, 0.29) is 5.28 Å². The number of hydrogen-bond acceptors (Lipinski definition) is 2. The molecule has 54 valence electrons. The summed E-state index contributed by atoms with van der Waals surface area (Å²) in [6.07, 6.45) is 0.348. The van der Waals surface area contributed by atoms with E-state index in [2.05, 4.69) is 9.97 Å². The Morgan fingerprint density at radius 1 is 1.70 bits per heavy atom. The fourth-order valence-electron chi connectivity index (χ4n) is 0.569. The number of hydrogen-bond donors (Lipinski definition) is 0. The van der Waals surface area contributed by atoms with Gasteiger partial charge in [-0.05, 0) is 24.6 Å². The Morgan fingerprint density at radius 2 is 2.40 bits per heavy atom. The van der Waals surface area contributed by atoms with Crippen molar-refractivity contribution >= 4 is 11.6 Å². The fourth-order valence-corrected chi connectivity index (χ4v) is 0.723. The van der Waals surface area contributed by atoms with Crippen molar-refractivity contribution in [3.8, 4) is 0 Å². The highest BCUT2D eigenvalue weighted by atomic mass is 35.5. The number of halogens is 2. The Balaban J connectivity index is 2.96. The van der Waals surface area contributed by atoms with Crippen LogP contribution in [0.25, 0.3) is 0 Å². The van der Waals surface area contributed by atoms with E-state index >= 15 is 0 Å². The maximum atomic E-state index is 12.5. The second-order valence-electron chi connectivity index (χ2n) is 1.87. The standard InChI is InChI=1S/C6H6ClFN2/c1-4(8)5-2-3-9-6(7)10-5/h2-4H,1H3. The zero-order valence-corrected chi connectivity index (χ0v) is 6.14. The lowest BCUT2D eigenvalue weighted by Gasteiger charge is -1.98. The van der Waals surface area contributed by atoms with Crippen LogP contribution in [-0.2, 0) is 0 Å². The molecule has 1 rings (SSSR count). The fraction of sp³-hybridized carbons (Fsp3) is 0.333. The van der Waals surface area contributed by atoms with E-state index in [0.717, 1.165) is 0 Å². The largest absolute Gasteiger partial charge is 0.241 e. The highest BCUT2D eigenvalue weighted by molar-refractivity contribution is 6.28. The van der Waals surface area contributed by atoms with Crippen LogP contribution < -0.4 is 0 Å². The van der Waals surface area contributed by atoms with Gasteiger partial charge in [-0.3, -0.25) is 0 Å². The number of rotatable bonds is 1. The molecule has 0 saturated heterocycles. The number of alkyl halides is 1. The van der Waals surface area contributed by atoms with Crippen LogP contribution in [0, 0.1) is 0 Å². The van der Waals surface area contributed by atoms with Gasteiger partial charge in [-0.2, -0.15) is 0 Å². The molecule has 0 spiro atoms. The van der Waals surface area contributed by atoms with E-state index in [0.29, 0.717) is 5.69 Å². The number of aromatic nitrogens is 2. The molecule has 1 unspecified atom stereocenters. The van der Waals surface area contributed by atoms with Crippen LogP contribution >= 0.6 is 11.6 Å². The van der Waals surface area contributed by atoms with Crippen molar-refractivity contribution in [2.75, 3.05) is 0 Å². The summed E-state index contributed by atoms with van der Waals surface area (Å²) < 4.78 is 12.5. The highest BCUT2D eigenvalue weighted by Gasteiger charge is 2.03. The van der Waals surface area contributed by atoms with Gasteiger partial charge in [0.15, 0.2) is 0 Å². The molecule has 1 atom stereocenters.